The summed E-state index contributed by atoms with van der Waals surface area (Å²) in [5.74, 6) is 0.391. The smallest absolute Gasteiger partial charge is 0.267 e. The van der Waals surface area contributed by atoms with Gasteiger partial charge in [0.1, 0.15) is 0 Å². The van der Waals surface area contributed by atoms with Crippen LogP contribution in [0.5, 0.6) is 0 Å². The summed E-state index contributed by atoms with van der Waals surface area (Å²) in [6, 6.07) is 0. The van der Waals surface area contributed by atoms with E-state index in [1.54, 1.807) is 6.92 Å². The monoisotopic (exact) mass is 194 g/mol. The molecule has 0 aromatic carbocycles. The highest BCUT2D eigenvalue weighted by Gasteiger charge is 2.09. The number of hydrogen-bond acceptors (Lipinski definition) is 3. The van der Waals surface area contributed by atoms with Gasteiger partial charge in [-0.05, 0) is 19.3 Å². The molecule has 1 atom stereocenters. The summed E-state index contributed by atoms with van der Waals surface area (Å²) in [7, 11) is -3.23. The predicted molar refractivity (Wildman–Crippen MR) is 49.5 cm³/mol. The van der Waals surface area contributed by atoms with Crippen molar-refractivity contribution in [2.24, 2.45) is 5.92 Å². The van der Waals surface area contributed by atoms with E-state index in [1.165, 1.54) is 0 Å². The van der Waals surface area contributed by atoms with Crippen molar-refractivity contribution in [3.05, 3.63) is 0 Å². The maximum atomic E-state index is 10.9. The fourth-order valence-electron chi connectivity index (χ4n) is 0.879. The van der Waals surface area contributed by atoms with Crippen molar-refractivity contribution in [1.82, 2.24) is 0 Å². The number of rotatable bonds is 6. The summed E-state index contributed by atoms with van der Waals surface area (Å²) in [5.41, 5.74) is 0. The lowest BCUT2D eigenvalue weighted by molar-refractivity contribution is 0.257. The van der Waals surface area contributed by atoms with Gasteiger partial charge in [-0.2, -0.15) is 8.42 Å². The van der Waals surface area contributed by atoms with Gasteiger partial charge in [-0.25, -0.2) is 0 Å². The Morgan fingerprint density at radius 2 is 1.92 bits per heavy atom. The summed E-state index contributed by atoms with van der Waals surface area (Å²) >= 11 is 0. The Morgan fingerprint density at radius 3 is 2.33 bits per heavy atom. The Kier molecular flexibility index (Phi) is 5.50. The summed E-state index contributed by atoms with van der Waals surface area (Å²) in [6.45, 7) is 5.98. The van der Waals surface area contributed by atoms with Crippen molar-refractivity contribution >= 4 is 10.1 Å². The topological polar surface area (TPSA) is 43.4 Å². The molecule has 0 rings (SSSR count). The van der Waals surface area contributed by atoms with Gasteiger partial charge in [-0.3, -0.25) is 4.18 Å². The van der Waals surface area contributed by atoms with Crippen molar-refractivity contribution in [3.8, 4) is 0 Å². The average Bonchev–Trinajstić information content (AvgIpc) is 2.02. The second-order valence-corrected chi connectivity index (χ2v) is 4.95. The van der Waals surface area contributed by atoms with Gasteiger partial charge in [0.15, 0.2) is 0 Å². The molecule has 0 radical (unpaired) electrons. The van der Waals surface area contributed by atoms with E-state index in [-0.39, 0.29) is 5.75 Å². The van der Waals surface area contributed by atoms with Gasteiger partial charge < -0.3 is 0 Å². The molecule has 0 aromatic heterocycles. The van der Waals surface area contributed by atoms with Crippen LogP contribution in [0.2, 0.25) is 0 Å². The Balaban J connectivity index is 3.68. The van der Waals surface area contributed by atoms with Crippen molar-refractivity contribution in [2.45, 2.75) is 33.6 Å². The van der Waals surface area contributed by atoms with Crippen molar-refractivity contribution in [1.29, 1.82) is 0 Å². The van der Waals surface area contributed by atoms with Gasteiger partial charge in [0.05, 0.1) is 12.4 Å². The molecule has 0 saturated heterocycles. The Bertz CT molecular complexity index is 196. The van der Waals surface area contributed by atoms with E-state index in [1.807, 2.05) is 6.92 Å². The maximum absolute atomic E-state index is 10.9. The highest BCUT2D eigenvalue weighted by atomic mass is 32.2. The highest BCUT2D eigenvalue weighted by Crippen LogP contribution is 2.07. The van der Waals surface area contributed by atoms with Crippen molar-refractivity contribution in [2.75, 3.05) is 12.4 Å². The molecule has 0 fully saturated rings. The van der Waals surface area contributed by atoms with E-state index in [2.05, 4.69) is 6.92 Å². The van der Waals surface area contributed by atoms with Crippen LogP contribution in [0.3, 0.4) is 0 Å². The zero-order valence-electron chi connectivity index (χ0n) is 8.04. The molecule has 0 amide bonds. The van der Waals surface area contributed by atoms with Crippen LogP contribution in [-0.2, 0) is 14.3 Å². The van der Waals surface area contributed by atoms with Gasteiger partial charge >= 0.3 is 0 Å². The fourth-order valence-corrected chi connectivity index (χ4v) is 1.49. The van der Waals surface area contributed by atoms with E-state index in [0.29, 0.717) is 12.5 Å². The third-order valence-electron chi connectivity index (χ3n) is 1.67. The molecule has 0 N–H and O–H groups in total. The summed E-state index contributed by atoms with van der Waals surface area (Å²) in [4.78, 5) is 0. The van der Waals surface area contributed by atoms with Crippen LogP contribution >= 0.6 is 0 Å². The predicted octanol–water partition coefficient (Wildman–Crippen LogP) is 1.79. The van der Waals surface area contributed by atoms with Gasteiger partial charge in [0.2, 0.25) is 0 Å². The first-order chi connectivity index (χ1) is 5.52. The Hall–Kier alpha value is -0.0900. The van der Waals surface area contributed by atoms with E-state index in [4.69, 9.17) is 4.18 Å². The van der Waals surface area contributed by atoms with Gasteiger partial charge in [-0.15, -0.1) is 0 Å². The maximum Gasteiger partial charge on any atom is 0.267 e. The minimum Gasteiger partial charge on any atom is -0.270 e. The summed E-state index contributed by atoms with van der Waals surface area (Å²) < 4.78 is 26.5. The molecule has 1 unspecified atom stereocenters. The van der Waals surface area contributed by atoms with Crippen LogP contribution in [0.15, 0.2) is 0 Å². The molecular formula is C8H18O3S. The molecule has 4 heteroatoms. The Morgan fingerprint density at radius 1 is 1.33 bits per heavy atom. The normalized spacial score (nSPS) is 14.6. The second kappa shape index (κ2) is 5.54. The Labute approximate surface area is 75.2 Å². The van der Waals surface area contributed by atoms with Gasteiger partial charge in [0.25, 0.3) is 10.1 Å². The fraction of sp³-hybridized carbons (Fsp3) is 1.00. The molecule has 74 valence electrons. The zero-order chi connectivity index (χ0) is 9.61. The third-order valence-corrected chi connectivity index (χ3v) is 2.87. The standard InChI is InChI=1S/C8H18O3S/c1-4-6-8(3)7-11-12(9,10)5-2/h8H,4-7H2,1-3H3. The molecule has 0 aliphatic heterocycles. The number of hydrogen-bond donors (Lipinski definition) is 0. The SMILES string of the molecule is CCCC(C)COS(=O)(=O)CC. The first-order valence-electron chi connectivity index (χ1n) is 4.39. The molecule has 0 aliphatic rings. The first-order valence-corrected chi connectivity index (χ1v) is 5.96. The van der Waals surface area contributed by atoms with Crippen molar-refractivity contribution in [3.63, 3.8) is 0 Å². The molecule has 0 heterocycles. The molecule has 0 saturated carbocycles. The largest absolute Gasteiger partial charge is 0.270 e. The van der Waals surface area contributed by atoms with Crippen LogP contribution in [0.1, 0.15) is 33.6 Å². The van der Waals surface area contributed by atoms with E-state index >= 15 is 0 Å². The molecule has 0 spiro atoms. The minimum atomic E-state index is -3.23. The quantitative estimate of drug-likeness (QED) is 0.605. The van der Waals surface area contributed by atoms with Crippen molar-refractivity contribution < 1.29 is 12.6 Å². The third kappa shape index (κ3) is 5.55. The molecule has 3 nitrogen and oxygen atoms in total. The van der Waals surface area contributed by atoms with Crippen LogP contribution in [0.4, 0.5) is 0 Å². The molecule has 0 bridgehead atoms. The highest BCUT2D eigenvalue weighted by molar-refractivity contribution is 7.86. The lowest BCUT2D eigenvalue weighted by Crippen LogP contribution is -2.13. The lowest BCUT2D eigenvalue weighted by atomic mass is 10.1. The molecule has 0 aromatic rings. The molecule has 0 aliphatic carbocycles. The first kappa shape index (κ1) is 11.9. The molecule has 12 heavy (non-hydrogen) atoms. The van der Waals surface area contributed by atoms with Crippen LogP contribution < -0.4 is 0 Å². The average molecular weight is 194 g/mol. The summed E-state index contributed by atoms with van der Waals surface area (Å²) in [6.07, 6.45) is 2.08. The molecular weight excluding hydrogens is 176 g/mol. The minimum absolute atomic E-state index is 0.0614. The van der Waals surface area contributed by atoms with E-state index in [9.17, 15) is 8.42 Å². The van der Waals surface area contributed by atoms with E-state index < -0.39 is 10.1 Å². The van der Waals surface area contributed by atoms with Gasteiger partial charge in [-0.1, -0.05) is 20.3 Å². The second-order valence-electron chi connectivity index (χ2n) is 3.02. The zero-order valence-corrected chi connectivity index (χ0v) is 8.86. The lowest BCUT2D eigenvalue weighted by Gasteiger charge is -2.09. The van der Waals surface area contributed by atoms with Crippen LogP contribution in [0.25, 0.3) is 0 Å². The van der Waals surface area contributed by atoms with E-state index in [0.717, 1.165) is 12.8 Å². The van der Waals surface area contributed by atoms with Gasteiger partial charge in [0, 0.05) is 0 Å². The van der Waals surface area contributed by atoms with Crippen LogP contribution in [0, 0.1) is 5.92 Å². The summed E-state index contributed by atoms with van der Waals surface area (Å²) in [5, 5.41) is 0. The van der Waals surface area contributed by atoms with Crippen LogP contribution in [-0.4, -0.2) is 20.8 Å².